The molecule has 0 aliphatic carbocycles. The van der Waals surface area contributed by atoms with Gasteiger partial charge >= 0.3 is 6.03 Å². The van der Waals surface area contributed by atoms with E-state index in [1.165, 1.54) is 33.1 Å². The Morgan fingerprint density at radius 2 is 1.79 bits per heavy atom. The molecule has 4 heterocycles. The van der Waals surface area contributed by atoms with Crippen LogP contribution < -0.4 is 5.32 Å². The summed E-state index contributed by atoms with van der Waals surface area (Å²) in [7, 11) is 2.15. The molecule has 0 bridgehead atoms. The number of nitrogens with one attached hydrogen (secondary N) is 1. The molecule has 2 amide bonds. The minimum atomic E-state index is -0.346. The quantitative estimate of drug-likeness (QED) is 0.400. The normalized spacial score (nSPS) is 17.5. The van der Waals surface area contributed by atoms with Crippen molar-refractivity contribution < 1.29 is 9.18 Å². The number of rotatable bonds is 2. The number of hydrogen-bond donors (Lipinski definition) is 1. The molecule has 0 saturated heterocycles. The number of benzene rings is 2. The Hall–Kier alpha value is -3.42. The van der Waals surface area contributed by atoms with E-state index in [1.54, 1.807) is 12.1 Å². The Morgan fingerprint density at radius 3 is 2.59 bits per heavy atom. The number of nitrogens with zero attached hydrogens (tertiary/aromatic N) is 3. The molecule has 4 aromatic rings. The number of hydrogen-bond acceptors (Lipinski definition) is 3. The lowest BCUT2D eigenvalue weighted by molar-refractivity contribution is 0.194. The summed E-state index contributed by atoms with van der Waals surface area (Å²) in [5, 5.41) is 4.27. The molecule has 2 aliphatic heterocycles. The summed E-state index contributed by atoms with van der Waals surface area (Å²) in [5.41, 5.74) is 5.22. The second-order valence-electron chi connectivity index (χ2n) is 8.96. The number of urea groups is 1. The van der Waals surface area contributed by atoms with Crippen LogP contribution in [0.3, 0.4) is 0 Å². The van der Waals surface area contributed by atoms with Crippen LogP contribution >= 0.6 is 11.3 Å². The first kappa shape index (κ1) is 21.1. The fourth-order valence-corrected chi connectivity index (χ4v) is 6.51. The number of halogens is 1. The van der Waals surface area contributed by atoms with Crippen molar-refractivity contribution in [3.63, 3.8) is 0 Å². The Morgan fingerprint density at radius 1 is 1.00 bits per heavy atom. The van der Waals surface area contributed by atoms with Gasteiger partial charge in [0.05, 0.1) is 18.3 Å². The molecule has 6 rings (SSSR count). The van der Waals surface area contributed by atoms with E-state index in [1.807, 2.05) is 52.6 Å². The first-order chi connectivity index (χ1) is 16.6. The van der Waals surface area contributed by atoms with Crippen LogP contribution in [0.5, 0.6) is 0 Å². The Kier molecular flexibility index (Phi) is 5.23. The van der Waals surface area contributed by atoms with Crippen LogP contribution in [0, 0.1) is 5.82 Å². The number of likely N-dealkylation sites (N-methyl/N-ethyl adjacent to an activating group) is 1. The van der Waals surface area contributed by atoms with E-state index >= 15 is 0 Å². The van der Waals surface area contributed by atoms with Crippen LogP contribution in [0.2, 0.25) is 0 Å². The molecule has 5 nitrogen and oxygen atoms in total. The van der Waals surface area contributed by atoms with Gasteiger partial charge in [0.1, 0.15) is 10.8 Å². The number of carbonyl (C=O) groups is 1. The van der Waals surface area contributed by atoms with Crippen molar-refractivity contribution in [2.75, 3.05) is 18.9 Å². The molecule has 34 heavy (non-hydrogen) atoms. The zero-order valence-electron chi connectivity index (χ0n) is 18.9. The molecule has 2 aromatic carbocycles. The second kappa shape index (κ2) is 8.42. The maximum absolute atomic E-state index is 13.8. The van der Waals surface area contributed by atoms with E-state index in [0.717, 1.165) is 36.5 Å². The number of amides is 2. The Balaban J connectivity index is 1.50. The lowest BCUT2D eigenvalue weighted by Crippen LogP contribution is -2.38. The predicted octanol–water partition coefficient (Wildman–Crippen LogP) is 5.80. The van der Waals surface area contributed by atoms with Gasteiger partial charge in [0.2, 0.25) is 0 Å². The lowest BCUT2D eigenvalue weighted by Gasteiger charge is -2.32. The molecule has 0 saturated carbocycles. The molecule has 172 valence electrons. The van der Waals surface area contributed by atoms with Gasteiger partial charge in [-0.25, -0.2) is 9.18 Å². The number of aromatic nitrogens is 1. The van der Waals surface area contributed by atoms with E-state index in [2.05, 4.69) is 34.1 Å². The van der Waals surface area contributed by atoms with E-state index in [0.29, 0.717) is 6.54 Å². The summed E-state index contributed by atoms with van der Waals surface area (Å²) in [6.45, 7) is 2.43. The van der Waals surface area contributed by atoms with Crippen LogP contribution in [-0.2, 0) is 19.5 Å². The minimum absolute atomic E-state index is 0.172. The molecule has 0 fully saturated rings. The van der Waals surface area contributed by atoms with Gasteiger partial charge in [-0.3, -0.25) is 0 Å². The van der Waals surface area contributed by atoms with Crippen molar-refractivity contribution in [1.82, 2.24) is 14.4 Å². The highest BCUT2D eigenvalue weighted by molar-refractivity contribution is 7.15. The third-order valence-corrected chi connectivity index (χ3v) is 7.99. The highest BCUT2D eigenvalue weighted by Crippen LogP contribution is 2.43. The summed E-state index contributed by atoms with van der Waals surface area (Å²) >= 11 is 1.82. The van der Waals surface area contributed by atoms with E-state index in [9.17, 15) is 9.18 Å². The van der Waals surface area contributed by atoms with Gasteiger partial charge in [-0.05, 0) is 61.0 Å². The van der Waals surface area contributed by atoms with Gasteiger partial charge < -0.3 is 19.7 Å². The van der Waals surface area contributed by atoms with Crippen molar-refractivity contribution in [3.05, 3.63) is 106 Å². The van der Waals surface area contributed by atoms with E-state index in [-0.39, 0.29) is 17.9 Å². The first-order valence-corrected chi connectivity index (χ1v) is 12.3. The fourth-order valence-electron chi connectivity index (χ4n) is 5.06. The Bertz CT molecular complexity index is 1340. The zero-order valence-corrected chi connectivity index (χ0v) is 19.7. The highest BCUT2D eigenvalue weighted by Gasteiger charge is 2.36. The first-order valence-electron chi connectivity index (χ1n) is 11.5. The average Bonchev–Trinajstić information content (AvgIpc) is 3.42. The van der Waals surface area contributed by atoms with Gasteiger partial charge in [0.25, 0.3) is 0 Å². The summed E-state index contributed by atoms with van der Waals surface area (Å²) in [6.07, 6.45) is 3.05. The number of thiophene rings is 1. The summed E-state index contributed by atoms with van der Waals surface area (Å²) in [5.74, 6) is -0.287. The van der Waals surface area contributed by atoms with Crippen LogP contribution in [0.4, 0.5) is 14.9 Å². The second-order valence-corrected chi connectivity index (χ2v) is 10.0. The van der Waals surface area contributed by atoms with Gasteiger partial charge in [-0.1, -0.05) is 30.3 Å². The SMILES string of the molecule is CN1CCc2c(sc3c2CN(C(=O)Nc2ccccc2)C(c2ccc(F)cc2)c2cccn2-3)C1. The zero-order chi connectivity index (χ0) is 23.2. The fraction of sp³-hybridized carbons (Fsp3) is 0.222. The molecule has 0 radical (unpaired) electrons. The summed E-state index contributed by atoms with van der Waals surface area (Å²) in [6, 6.07) is 19.6. The van der Waals surface area contributed by atoms with Gasteiger partial charge in [0, 0.05) is 35.4 Å². The molecule has 1 unspecified atom stereocenters. The number of fused-ring (bicyclic) bond motifs is 5. The molecule has 2 aliphatic rings. The maximum Gasteiger partial charge on any atom is 0.322 e. The molecular weight excluding hydrogens is 447 g/mol. The number of para-hydroxylation sites is 1. The van der Waals surface area contributed by atoms with Crippen molar-refractivity contribution >= 4 is 23.1 Å². The predicted molar refractivity (Wildman–Crippen MR) is 133 cm³/mol. The third-order valence-electron chi connectivity index (χ3n) is 6.73. The van der Waals surface area contributed by atoms with Crippen molar-refractivity contribution in [2.24, 2.45) is 0 Å². The van der Waals surface area contributed by atoms with Gasteiger partial charge in [0.15, 0.2) is 0 Å². The summed E-state index contributed by atoms with van der Waals surface area (Å²) < 4.78 is 16.0. The third kappa shape index (κ3) is 3.61. The molecule has 2 aromatic heterocycles. The van der Waals surface area contributed by atoms with Crippen LogP contribution in [0.25, 0.3) is 5.00 Å². The largest absolute Gasteiger partial charge is 0.322 e. The topological polar surface area (TPSA) is 40.5 Å². The summed E-state index contributed by atoms with van der Waals surface area (Å²) in [4.78, 5) is 19.4. The van der Waals surface area contributed by atoms with E-state index < -0.39 is 0 Å². The molecule has 1 atom stereocenters. The smallest absolute Gasteiger partial charge is 0.310 e. The number of anilines is 1. The van der Waals surface area contributed by atoms with Crippen molar-refractivity contribution in [3.8, 4) is 5.00 Å². The Labute approximate surface area is 202 Å². The number of carbonyl (C=O) groups excluding carboxylic acids is 1. The van der Waals surface area contributed by atoms with Crippen molar-refractivity contribution in [1.29, 1.82) is 0 Å². The van der Waals surface area contributed by atoms with Crippen molar-refractivity contribution in [2.45, 2.75) is 25.6 Å². The molecule has 1 N–H and O–H groups in total. The minimum Gasteiger partial charge on any atom is -0.310 e. The van der Waals surface area contributed by atoms with Crippen LogP contribution in [0.15, 0.2) is 72.9 Å². The van der Waals surface area contributed by atoms with Gasteiger partial charge in [-0.15, -0.1) is 11.3 Å². The van der Waals surface area contributed by atoms with Crippen LogP contribution in [0.1, 0.15) is 33.3 Å². The highest BCUT2D eigenvalue weighted by atomic mass is 32.1. The maximum atomic E-state index is 13.8. The van der Waals surface area contributed by atoms with E-state index in [4.69, 9.17) is 0 Å². The molecular formula is C27H25FN4OS. The standard InChI is InChI=1S/C27H25FN4OS/c1-30-15-13-21-22-16-32(27(33)29-20-6-3-2-4-7-20)25(18-9-11-19(28)12-10-18)23-8-5-14-31(23)26(22)34-24(21)17-30/h2-12,14,25H,13,15-17H2,1H3,(H,29,33). The molecule has 0 spiro atoms. The van der Waals surface area contributed by atoms with Crippen LogP contribution in [-0.4, -0.2) is 34.0 Å². The molecule has 7 heteroatoms. The lowest BCUT2D eigenvalue weighted by atomic mass is 10.0. The van der Waals surface area contributed by atoms with Gasteiger partial charge in [-0.2, -0.15) is 0 Å². The average molecular weight is 473 g/mol. The monoisotopic (exact) mass is 472 g/mol.